The van der Waals surface area contributed by atoms with Gasteiger partial charge in [0, 0.05) is 16.6 Å². The highest BCUT2D eigenvalue weighted by molar-refractivity contribution is 7.99. The van der Waals surface area contributed by atoms with Crippen molar-refractivity contribution in [2.24, 2.45) is 23.2 Å². The summed E-state index contributed by atoms with van der Waals surface area (Å²) in [5.41, 5.74) is 1.65. The number of rotatable bonds is 9. The number of benzene rings is 2. The predicted molar refractivity (Wildman–Crippen MR) is 137 cm³/mol. The van der Waals surface area contributed by atoms with Crippen molar-refractivity contribution in [3.63, 3.8) is 0 Å². The van der Waals surface area contributed by atoms with Crippen molar-refractivity contribution < 1.29 is 23.1 Å². The lowest BCUT2D eigenvalue weighted by Gasteiger charge is -2.59. The molecule has 192 valence electrons. The van der Waals surface area contributed by atoms with Crippen LogP contribution in [0.25, 0.3) is 0 Å². The van der Waals surface area contributed by atoms with Crippen LogP contribution in [0.3, 0.4) is 0 Å². The molecule has 0 heterocycles. The SMILES string of the molecule is C[C@@H](NC(=O)COC(=O)c1ccccc1Nc1ccc(SC(F)F)cc1)C12CC3CC(CC(C3)C1)C2. The van der Waals surface area contributed by atoms with E-state index in [0.717, 1.165) is 17.8 Å². The van der Waals surface area contributed by atoms with E-state index in [0.29, 0.717) is 33.6 Å². The van der Waals surface area contributed by atoms with E-state index in [1.165, 1.54) is 38.5 Å². The summed E-state index contributed by atoms with van der Waals surface area (Å²) in [6.07, 6.45) is 7.64. The van der Waals surface area contributed by atoms with Crippen LogP contribution in [0.2, 0.25) is 0 Å². The van der Waals surface area contributed by atoms with Gasteiger partial charge in [-0.3, -0.25) is 4.79 Å². The molecule has 1 amide bonds. The van der Waals surface area contributed by atoms with Gasteiger partial charge >= 0.3 is 5.97 Å². The van der Waals surface area contributed by atoms with Gasteiger partial charge in [0.25, 0.3) is 11.7 Å². The monoisotopic (exact) mass is 514 g/mol. The summed E-state index contributed by atoms with van der Waals surface area (Å²) in [5, 5.41) is 6.26. The Bertz CT molecular complexity index is 1070. The molecule has 0 aliphatic heterocycles. The first-order valence-corrected chi connectivity index (χ1v) is 13.5. The lowest BCUT2D eigenvalue weighted by atomic mass is 9.48. The molecule has 4 aliphatic carbocycles. The minimum atomic E-state index is -2.48. The Kier molecular flexibility index (Phi) is 7.24. The Hall–Kier alpha value is -2.61. The average Bonchev–Trinajstić information content (AvgIpc) is 2.83. The normalized spacial score (nSPS) is 27.1. The minimum absolute atomic E-state index is 0.0669. The van der Waals surface area contributed by atoms with Crippen LogP contribution >= 0.6 is 11.8 Å². The number of amides is 1. The molecule has 0 saturated heterocycles. The van der Waals surface area contributed by atoms with E-state index in [9.17, 15) is 18.4 Å². The summed E-state index contributed by atoms with van der Waals surface area (Å²) >= 11 is 0.477. The Morgan fingerprint density at radius 1 is 1.00 bits per heavy atom. The lowest BCUT2D eigenvalue weighted by molar-refractivity contribution is -0.128. The molecule has 2 aromatic carbocycles. The highest BCUT2D eigenvalue weighted by Crippen LogP contribution is 2.61. The zero-order chi connectivity index (χ0) is 25.3. The summed E-state index contributed by atoms with van der Waals surface area (Å²) in [6, 6.07) is 13.5. The molecular formula is C28H32F2N2O3S. The highest BCUT2D eigenvalue weighted by Gasteiger charge is 2.53. The molecule has 2 aromatic rings. The molecule has 2 N–H and O–H groups in total. The maximum absolute atomic E-state index is 12.8. The van der Waals surface area contributed by atoms with Crippen molar-refractivity contribution >= 4 is 35.0 Å². The number of hydrogen-bond donors (Lipinski definition) is 2. The average molecular weight is 515 g/mol. The number of anilines is 2. The van der Waals surface area contributed by atoms with Gasteiger partial charge in [0.2, 0.25) is 0 Å². The molecule has 36 heavy (non-hydrogen) atoms. The first-order chi connectivity index (χ1) is 17.3. The van der Waals surface area contributed by atoms with Gasteiger partial charge in [-0.25, -0.2) is 4.79 Å². The molecule has 0 spiro atoms. The van der Waals surface area contributed by atoms with Crippen molar-refractivity contribution in [1.29, 1.82) is 0 Å². The molecule has 0 radical (unpaired) electrons. The van der Waals surface area contributed by atoms with Crippen LogP contribution in [0, 0.1) is 23.2 Å². The Balaban J connectivity index is 1.16. The van der Waals surface area contributed by atoms with E-state index in [1.807, 2.05) is 0 Å². The molecule has 4 aliphatic rings. The van der Waals surface area contributed by atoms with Gasteiger partial charge in [0.15, 0.2) is 6.61 Å². The topological polar surface area (TPSA) is 67.4 Å². The molecule has 6 rings (SSSR count). The molecule has 4 saturated carbocycles. The number of carbonyl (C=O) groups excluding carboxylic acids is 2. The van der Waals surface area contributed by atoms with Gasteiger partial charge < -0.3 is 15.4 Å². The van der Waals surface area contributed by atoms with Crippen LogP contribution in [0.15, 0.2) is 53.4 Å². The number of para-hydroxylation sites is 1. The predicted octanol–water partition coefficient (Wildman–Crippen LogP) is 6.62. The zero-order valence-electron chi connectivity index (χ0n) is 20.3. The zero-order valence-corrected chi connectivity index (χ0v) is 21.2. The van der Waals surface area contributed by atoms with Crippen LogP contribution in [-0.2, 0) is 9.53 Å². The van der Waals surface area contributed by atoms with Crippen LogP contribution in [0.1, 0.15) is 55.8 Å². The minimum Gasteiger partial charge on any atom is -0.452 e. The molecular weight excluding hydrogens is 482 g/mol. The van der Waals surface area contributed by atoms with Crippen LogP contribution in [0.4, 0.5) is 20.2 Å². The number of esters is 1. The number of ether oxygens (including phenoxy) is 1. The molecule has 8 heteroatoms. The third kappa shape index (κ3) is 5.53. The maximum atomic E-state index is 12.8. The Morgan fingerprint density at radius 2 is 1.61 bits per heavy atom. The number of thioether (sulfide) groups is 1. The van der Waals surface area contributed by atoms with E-state index < -0.39 is 11.7 Å². The number of halogens is 2. The fourth-order valence-electron chi connectivity index (χ4n) is 7.00. The summed E-state index contributed by atoms with van der Waals surface area (Å²) in [4.78, 5) is 26.0. The van der Waals surface area contributed by atoms with E-state index >= 15 is 0 Å². The Labute approximate surface area is 214 Å². The second-order valence-electron chi connectivity index (χ2n) is 10.7. The third-order valence-corrected chi connectivity index (χ3v) is 8.94. The molecule has 0 unspecified atom stereocenters. The number of nitrogens with one attached hydrogen (secondary N) is 2. The van der Waals surface area contributed by atoms with Crippen molar-refractivity contribution in [3.8, 4) is 0 Å². The fraction of sp³-hybridized carbons (Fsp3) is 0.500. The van der Waals surface area contributed by atoms with E-state index in [4.69, 9.17) is 4.74 Å². The van der Waals surface area contributed by atoms with Crippen molar-refractivity contribution in [2.75, 3.05) is 11.9 Å². The van der Waals surface area contributed by atoms with Crippen LogP contribution in [0.5, 0.6) is 0 Å². The van der Waals surface area contributed by atoms with Gasteiger partial charge in [-0.1, -0.05) is 23.9 Å². The highest BCUT2D eigenvalue weighted by atomic mass is 32.2. The number of alkyl halides is 2. The fourth-order valence-corrected chi connectivity index (χ4v) is 7.50. The van der Waals surface area contributed by atoms with Crippen molar-refractivity contribution in [3.05, 3.63) is 54.1 Å². The number of hydrogen-bond acceptors (Lipinski definition) is 5. The molecule has 1 atom stereocenters. The quantitative estimate of drug-likeness (QED) is 0.291. The smallest absolute Gasteiger partial charge is 0.340 e. The Morgan fingerprint density at radius 3 is 2.22 bits per heavy atom. The summed E-state index contributed by atoms with van der Waals surface area (Å²) < 4.78 is 30.5. The van der Waals surface area contributed by atoms with E-state index in [2.05, 4.69) is 17.6 Å². The van der Waals surface area contributed by atoms with E-state index in [-0.39, 0.29) is 24.0 Å². The molecule has 4 bridgehead atoms. The van der Waals surface area contributed by atoms with Gasteiger partial charge in [-0.2, -0.15) is 8.78 Å². The van der Waals surface area contributed by atoms with Gasteiger partial charge in [0.05, 0.1) is 11.3 Å². The van der Waals surface area contributed by atoms with Crippen LogP contribution in [-0.4, -0.2) is 30.3 Å². The molecule has 5 nitrogen and oxygen atoms in total. The van der Waals surface area contributed by atoms with Gasteiger partial charge in [-0.05, 0) is 105 Å². The summed E-state index contributed by atoms with van der Waals surface area (Å²) in [7, 11) is 0. The number of carbonyl (C=O) groups is 2. The molecule has 0 aromatic heterocycles. The second kappa shape index (κ2) is 10.4. The van der Waals surface area contributed by atoms with Crippen LogP contribution < -0.4 is 10.6 Å². The second-order valence-corrected chi connectivity index (χ2v) is 11.8. The van der Waals surface area contributed by atoms with Gasteiger partial charge in [0.1, 0.15) is 0 Å². The van der Waals surface area contributed by atoms with Crippen molar-refractivity contribution in [2.45, 2.75) is 62.1 Å². The van der Waals surface area contributed by atoms with E-state index in [1.54, 1.807) is 48.5 Å². The largest absolute Gasteiger partial charge is 0.452 e. The molecule has 4 fully saturated rings. The summed E-state index contributed by atoms with van der Waals surface area (Å²) in [6.45, 7) is 1.78. The maximum Gasteiger partial charge on any atom is 0.340 e. The first kappa shape index (κ1) is 25.1. The van der Waals surface area contributed by atoms with Crippen molar-refractivity contribution in [1.82, 2.24) is 5.32 Å². The third-order valence-electron chi connectivity index (χ3n) is 8.22. The first-order valence-electron chi connectivity index (χ1n) is 12.7. The van der Waals surface area contributed by atoms with Gasteiger partial charge in [-0.15, -0.1) is 0 Å². The standard InChI is InChI=1S/C28H32F2N2O3S/c1-17(28-13-18-10-19(14-28)12-20(11-18)15-28)31-25(33)16-35-26(34)23-4-2-3-5-24(23)32-21-6-8-22(9-7-21)36-27(29)30/h2-9,17-20,27,32H,10-16H2,1H3,(H,31,33)/t17-,18?,19?,20?,28?/m1/s1. The lowest BCUT2D eigenvalue weighted by Crippen LogP contribution is -2.56. The summed E-state index contributed by atoms with van der Waals surface area (Å²) in [5.74, 6) is -0.943.